The average Bonchev–Trinajstić information content (AvgIpc) is 3.52. The van der Waals surface area contributed by atoms with E-state index < -0.39 is 120 Å². The van der Waals surface area contributed by atoms with E-state index in [1.807, 2.05) is 34.6 Å². The van der Waals surface area contributed by atoms with Crippen LogP contribution < -0.4 is 0 Å². The molecule has 10 N–H and O–H groups in total. The first-order chi connectivity index (χ1) is 26.0. The van der Waals surface area contributed by atoms with Crippen molar-refractivity contribution >= 4 is 0 Å². The number of fused-ring (bicyclic) bond motifs is 5. The summed E-state index contributed by atoms with van der Waals surface area (Å²) >= 11 is 0. The number of aliphatic hydroxyl groups is 10. The predicted molar refractivity (Wildman–Crippen MR) is 202 cm³/mol. The molecule has 2 saturated heterocycles. The molecule has 6 fully saturated rings. The molecule has 0 aromatic rings. The Morgan fingerprint density at radius 1 is 0.750 bits per heavy atom. The molecule has 0 aromatic carbocycles. The summed E-state index contributed by atoms with van der Waals surface area (Å²) < 4.78 is 25.4. The van der Waals surface area contributed by atoms with E-state index in [1.54, 1.807) is 0 Å². The molecular weight excluding hydrogens is 728 g/mol. The van der Waals surface area contributed by atoms with Crippen LogP contribution in [0.2, 0.25) is 0 Å². The van der Waals surface area contributed by atoms with Crippen LogP contribution in [0.25, 0.3) is 0 Å². The summed E-state index contributed by atoms with van der Waals surface area (Å²) in [6.07, 6.45) is -9.52. The number of hydrogen-bond acceptors (Lipinski definition) is 14. The third-order valence-corrected chi connectivity index (χ3v) is 16.6. The fourth-order valence-corrected chi connectivity index (χ4v) is 13.5. The van der Waals surface area contributed by atoms with Gasteiger partial charge in [0, 0.05) is 0 Å². The van der Waals surface area contributed by atoms with Crippen LogP contribution in [-0.4, -0.2) is 150 Å². The van der Waals surface area contributed by atoms with Crippen LogP contribution in [0.5, 0.6) is 0 Å². The Balaban J connectivity index is 1.39. The lowest BCUT2D eigenvalue weighted by Gasteiger charge is -2.72. The molecule has 6 aliphatic rings. The topological polar surface area (TPSA) is 239 Å². The van der Waals surface area contributed by atoms with Crippen molar-refractivity contribution in [2.45, 2.75) is 192 Å². The Morgan fingerprint density at radius 2 is 1.32 bits per heavy atom. The second kappa shape index (κ2) is 15.9. The van der Waals surface area contributed by atoms with E-state index in [2.05, 4.69) is 26.8 Å². The maximum atomic E-state index is 12.6. The van der Waals surface area contributed by atoms with Gasteiger partial charge in [0.25, 0.3) is 0 Å². The van der Waals surface area contributed by atoms with Crippen molar-refractivity contribution in [3.05, 3.63) is 11.6 Å². The van der Waals surface area contributed by atoms with Crippen LogP contribution in [0.3, 0.4) is 0 Å². The van der Waals surface area contributed by atoms with Crippen molar-refractivity contribution in [2.75, 3.05) is 13.2 Å². The predicted octanol–water partition coefficient (Wildman–Crippen LogP) is 1.12. The van der Waals surface area contributed by atoms with Crippen LogP contribution in [-0.2, 0) is 18.9 Å². The smallest absolute Gasteiger partial charge is 0.187 e. The highest BCUT2D eigenvalue weighted by molar-refractivity contribution is 5.22. The largest absolute Gasteiger partial charge is 0.394 e. The minimum atomic E-state index is -1.61. The molecule has 21 atom stereocenters. The molecule has 0 bridgehead atoms. The van der Waals surface area contributed by atoms with Gasteiger partial charge in [-0.05, 0) is 117 Å². The van der Waals surface area contributed by atoms with Crippen molar-refractivity contribution < 1.29 is 70.0 Å². The van der Waals surface area contributed by atoms with Crippen molar-refractivity contribution in [3.8, 4) is 0 Å². The highest BCUT2D eigenvalue weighted by Gasteiger charge is 2.74. The van der Waals surface area contributed by atoms with Gasteiger partial charge in [-0.1, -0.05) is 46.3 Å². The maximum absolute atomic E-state index is 12.6. The first-order valence-electron chi connectivity index (χ1n) is 21.0. The highest BCUT2D eigenvalue weighted by atomic mass is 16.7. The zero-order chi connectivity index (χ0) is 41.5. The standard InChI is InChI=1S/C42H72O14/c1-20(2)10-9-13-42(8,56-37-34(52)32(50)30(48)25(19-44)55-37)21-11-15-40(6)28(21)22(45)16-26-39(5)14-12-27(46)38(3,4)35(39)23(17-41(26,40)7)53-36-33(51)31(49)29(47)24(18-43)54-36/h10,21-37,43-52H,9,11-19H2,1-8H3/t21-,22-,23-,24+,25+,26-,27+,28-,29+,30+,31+,32+,33+,34+,35-,36-,37+,39+,40+,41+,42-/m0/s1. The number of hydrogen-bond donors (Lipinski definition) is 10. The Bertz CT molecular complexity index is 1400. The molecule has 4 saturated carbocycles. The van der Waals surface area contributed by atoms with Gasteiger partial charge in [-0.2, -0.15) is 0 Å². The van der Waals surface area contributed by atoms with E-state index in [0.29, 0.717) is 44.9 Å². The van der Waals surface area contributed by atoms with Crippen LogP contribution in [0.1, 0.15) is 107 Å². The zero-order valence-electron chi connectivity index (χ0n) is 34.6. The average molecular weight is 801 g/mol. The fraction of sp³-hybridized carbons (Fsp3) is 0.952. The van der Waals surface area contributed by atoms with E-state index >= 15 is 0 Å². The second-order valence-electron chi connectivity index (χ2n) is 20.2. The van der Waals surface area contributed by atoms with Crippen LogP contribution in [0.15, 0.2) is 11.6 Å². The summed E-state index contributed by atoms with van der Waals surface area (Å²) in [5, 5.41) is 109. The molecule has 0 aromatic heterocycles. The number of aliphatic hydroxyl groups excluding tert-OH is 10. The van der Waals surface area contributed by atoms with Gasteiger partial charge >= 0.3 is 0 Å². The Kier molecular flexibility index (Phi) is 12.7. The van der Waals surface area contributed by atoms with Crippen LogP contribution in [0.4, 0.5) is 0 Å². The third-order valence-electron chi connectivity index (χ3n) is 16.6. The van der Waals surface area contributed by atoms with Crippen LogP contribution in [0, 0.1) is 45.3 Å². The molecule has 0 unspecified atom stereocenters. The monoisotopic (exact) mass is 800 g/mol. The molecule has 324 valence electrons. The lowest BCUT2D eigenvalue weighted by Crippen LogP contribution is -2.71. The van der Waals surface area contributed by atoms with Gasteiger partial charge in [-0.15, -0.1) is 0 Å². The fourth-order valence-electron chi connectivity index (χ4n) is 13.5. The molecule has 14 nitrogen and oxygen atoms in total. The van der Waals surface area contributed by atoms with E-state index in [0.717, 1.165) is 12.0 Å². The van der Waals surface area contributed by atoms with Crippen molar-refractivity contribution in [2.24, 2.45) is 45.3 Å². The van der Waals surface area contributed by atoms with Gasteiger partial charge in [0.1, 0.15) is 48.8 Å². The lowest BCUT2D eigenvalue weighted by molar-refractivity contribution is -0.349. The lowest BCUT2D eigenvalue weighted by atomic mass is 9.34. The zero-order valence-corrected chi connectivity index (χ0v) is 34.6. The molecule has 2 aliphatic heterocycles. The molecule has 56 heavy (non-hydrogen) atoms. The van der Waals surface area contributed by atoms with Crippen LogP contribution >= 0.6 is 0 Å². The summed E-state index contributed by atoms with van der Waals surface area (Å²) in [6, 6.07) is 0. The van der Waals surface area contributed by atoms with Gasteiger partial charge in [0.05, 0.1) is 37.1 Å². The summed E-state index contributed by atoms with van der Waals surface area (Å²) in [6.45, 7) is 15.7. The molecule has 6 rings (SSSR count). The second-order valence-corrected chi connectivity index (χ2v) is 20.2. The summed E-state index contributed by atoms with van der Waals surface area (Å²) in [4.78, 5) is 0. The normalized spacial score (nSPS) is 52.6. The summed E-state index contributed by atoms with van der Waals surface area (Å²) in [5.41, 5.74) is -1.92. The first-order valence-corrected chi connectivity index (χ1v) is 21.0. The van der Waals surface area contributed by atoms with Crippen molar-refractivity contribution in [1.29, 1.82) is 0 Å². The summed E-state index contributed by atoms with van der Waals surface area (Å²) in [7, 11) is 0. The third kappa shape index (κ3) is 7.06. The SMILES string of the molecule is CC(C)=CCC[C@](C)(O[C@H]1O[C@H](CO)[C@@H](O)[C@@H](O)[C@H]1O)[C@H]1CC[C@]2(C)[C@@H]1[C@@H](O)C[C@H]1[C@@]3(C)CC[C@@H](O)C(C)(C)[C@@H]3[C@@H](O[C@H]3O[C@H](CO)[C@@H](O)[C@@H](O)[C@H]3O)C[C@]12C. The molecule has 4 aliphatic carbocycles. The maximum Gasteiger partial charge on any atom is 0.187 e. The number of rotatable bonds is 10. The Hall–Kier alpha value is -0.820. The molecule has 0 spiro atoms. The molecule has 14 heteroatoms. The van der Waals surface area contributed by atoms with Crippen molar-refractivity contribution in [1.82, 2.24) is 0 Å². The molecule has 2 heterocycles. The van der Waals surface area contributed by atoms with E-state index in [1.165, 1.54) is 0 Å². The Labute approximate surface area is 331 Å². The number of allylic oxidation sites excluding steroid dienone is 2. The highest BCUT2D eigenvalue weighted by Crippen LogP contribution is 2.76. The van der Waals surface area contributed by atoms with E-state index in [9.17, 15) is 51.1 Å². The van der Waals surface area contributed by atoms with Gasteiger partial charge in [0.15, 0.2) is 12.6 Å². The molecular formula is C42H72O14. The van der Waals surface area contributed by atoms with Gasteiger partial charge in [0.2, 0.25) is 0 Å². The van der Waals surface area contributed by atoms with Crippen molar-refractivity contribution in [3.63, 3.8) is 0 Å². The first kappa shape index (κ1) is 44.7. The van der Waals surface area contributed by atoms with Gasteiger partial charge in [-0.3, -0.25) is 0 Å². The summed E-state index contributed by atoms with van der Waals surface area (Å²) in [5.74, 6) is -0.781. The molecule has 0 amide bonds. The molecule has 0 radical (unpaired) electrons. The quantitative estimate of drug-likeness (QED) is 0.110. The Morgan fingerprint density at radius 3 is 1.89 bits per heavy atom. The minimum absolute atomic E-state index is 0.000258. The minimum Gasteiger partial charge on any atom is -0.394 e. The van der Waals surface area contributed by atoms with Gasteiger partial charge in [-0.25, -0.2) is 0 Å². The number of ether oxygens (including phenoxy) is 4. The van der Waals surface area contributed by atoms with E-state index in [4.69, 9.17) is 18.9 Å². The van der Waals surface area contributed by atoms with E-state index in [-0.39, 0.29) is 23.7 Å². The van der Waals surface area contributed by atoms with Gasteiger partial charge < -0.3 is 70.0 Å².